The summed E-state index contributed by atoms with van der Waals surface area (Å²) in [6, 6.07) is 9.75. The normalized spacial score (nSPS) is 29.6. The molecule has 0 spiro atoms. The number of piperazine rings is 1. The molecule has 2 N–H and O–H groups in total. The third-order valence-corrected chi connectivity index (χ3v) is 4.34. The molecule has 98 valence electrons. The van der Waals surface area contributed by atoms with E-state index in [-0.39, 0.29) is 0 Å². The summed E-state index contributed by atoms with van der Waals surface area (Å²) < 4.78 is 0. The highest BCUT2D eigenvalue weighted by Crippen LogP contribution is 2.27. The lowest BCUT2D eigenvalue weighted by Crippen LogP contribution is -2.43. The van der Waals surface area contributed by atoms with Crippen LogP contribution in [0.2, 0.25) is 0 Å². The second kappa shape index (κ2) is 5.39. The molecule has 0 radical (unpaired) electrons. The van der Waals surface area contributed by atoms with E-state index in [1.54, 1.807) is 0 Å². The van der Waals surface area contributed by atoms with E-state index < -0.39 is 0 Å². The Kier molecular flexibility index (Phi) is 3.64. The van der Waals surface area contributed by atoms with Gasteiger partial charge in [-0.05, 0) is 37.1 Å². The molecule has 3 rings (SSSR count). The molecule has 1 aromatic carbocycles. The van der Waals surface area contributed by atoms with Gasteiger partial charge in [-0.2, -0.15) is 0 Å². The van der Waals surface area contributed by atoms with E-state index in [2.05, 4.69) is 46.8 Å². The lowest BCUT2D eigenvalue weighted by Gasteiger charge is -2.33. The number of benzene rings is 1. The average molecular weight is 245 g/mol. The first-order valence-electron chi connectivity index (χ1n) is 7.06. The van der Waals surface area contributed by atoms with Crippen LogP contribution in [0.3, 0.4) is 0 Å². The summed E-state index contributed by atoms with van der Waals surface area (Å²) >= 11 is 0. The van der Waals surface area contributed by atoms with Crippen LogP contribution in [0.1, 0.15) is 29.5 Å². The SMILES string of the molecule is CN1CCNCC1c1cccc(C2CCNC2)c1. The first-order valence-corrected chi connectivity index (χ1v) is 7.06. The molecule has 18 heavy (non-hydrogen) atoms. The van der Waals surface area contributed by atoms with Gasteiger partial charge in [-0.25, -0.2) is 0 Å². The fourth-order valence-electron chi connectivity index (χ4n) is 3.14. The van der Waals surface area contributed by atoms with E-state index in [4.69, 9.17) is 0 Å². The van der Waals surface area contributed by atoms with Gasteiger partial charge in [0.05, 0.1) is 0 Å². The van der Waals surface area contributed by atoms with Crippen molar-refractivity contribution >= 4 is 0 Å². The summed E-state index contributed by atoms with van der Waals surface area (Å²) in [6.07, 6.45) is 1.28. The lowest BCUT2D eigenvalue weighted by atomic mass is 9.94. The zero-order chi connectivity index (χ0) is 12.4. The van der Waals surface area contributed by atoms with Gasteiger partial charge in [0.1, 0.15) is 0 Å². The van der Waals surface area contributed by atoms with Crippen molar-refractivity contribution in [1.29, 1.82) is 0 Å². The van der Waals surface area contributed by atoms with E-state index in [9.17, 15) is 0 Å². The minimum absolute atomic E-state index is 0.535. The number of hydrogen-bond acceptors (Lipinski definition) is 3. The minimum atomic E-state index is 0.535. The van der Waals surface area contributed by atoms with Crippen molar-refractivity contribution in [2.45, 2.75) is 18.4 Å². The highest BCUT2D eigenvalue weighted by molar-refractivity contribution is 5.30. The Morgan fingerprint density at radius 1 is 1.11 bits per heavy atom. The van der Waals surface area contributed by atoms with Gasteiger partial charge >= 0.3 is 0 Å². The Labute approximate surface area is 110 Å². The summed E-state index contributed by atoms with van der Waals surface area (Å²) in [6.45, 7) is 5.63. The van der Waals surface area contributed by atoms with Crippen molar-refractivity contribution in [2.24, 2.45) is 0 Å². The minimum Gasteiger partial charge on any atom is -0.316 e. The number of likely N-dealkylation sites (N-methyl/N-ethyl adjacent to an activating group) is 1. The molecule has 2 aliphatic heterocycles. The van der Waals surface area contributed by atoms with Gasteiger partial charge in [-0.3, -0.25) is 4.90 Å². The number of rotatable bonds is 2. The molecule has 3 nitrogen and oxygen atoms in total. The predicted molar refractivity (Wildman–Crippen MR) is 74.9 cm³/mol. The quantitative estimate of drug-likeness (QED) is 0.823. The van der Waals surface area contributed by atoms with Crippen LogP contribution in [-0.4, -0.2) is 44.7 Å². The summed E-state index contributed by atoms with van der Waals surface area (Å²) in [5, 5.41) is 6.95. The average Bonchev–Trinajstić information content (AvgIpc) is 2.93. The molecular formula is C15H23N3. The van der Waals surface area contributed by atoms with Gasteiger partial charge in [-0.15, -0.1) is 0 Å². The van der Waals surface area contributed by atoms with Gasteiger partial charge in [0, 0.05) is 32.2 Å². The molecular weight excluding hydrogens is 222 g/mol. The zero-order valence-electron chi connectivity index (χ0n) is 11.2. The standard InChI is InChI=1S/C15H23N3/c1-18-8-7-17-11-15(18)13-4-2-3-12(9-13)14-5-6-16-10-14/h2-4,9,14-17H,5-8,10-11H2,1H3. The molecule has 0 aliphatic carbocycles. The Bertz CT molecular complexity index is 398. The molecule has 2 unspecified atom stereocenters. The number of nitrogens with zero attached hydrogens (tertiary/aromatic N) is 1. The van der Waals surface area contributed by atoms with Crippen molar-refractivity contribution in [2.75, 3.05) is 39.8 Å². The van der Waals surface area contributed by atoms with Crippen molar-refractivity contribution < 1.29 is 0 Å². The molecule has 0 aromatic heterocycles. The summed E-state index contributed by atoms with van der Waals surface area (Å²) in [5.41, 5.74) is 2.98. The summed E-state index contributed by atoms with van der Waals surface area (Å²) in [5.74, 6) is 0.715. The Morgan fingerprint density at radius 2 is 1.94 bits per heavy atom. The topological polar surface area (TPSA) is 27.3 Å². The van der Waals surface area contributed by atoms with Crippen LogP contribution in [-0.2, 0) is 0 Å². The zero-order valence-corrected chi connectivity index (χ0v) is 11.2. The van der Waals surface area contributed by atoms with Crippen LogP contribution >= 0.6 is 0 Å². The second-order valence-electron chi connectivity index (χ2n) is 5.56. The van der Waals surface area contributed by atoms with Gasteiger partial charge in [-0.1, -0.05) is 24.3 Å². The van der Waals surface area contributed by atoms with E-state index in [1.165, 1.54) is 24.1 Å². The highest BCUT2D eigenvalue weighted by atomic mass is 15.2. The smallest absolute Gasteiger partial charge is 0.0470 e. The van der Waals surface area contributed by atoms with Crippen molar-refractivity contribution in [1.82, 2.24) is 15.5 Å². The van der Waals surface area contributed by atoms with Crippen LogP contribution in [0.5, 0.6) is 0 Å². The second-order valence-corrected chi connectivity index (χ2v) is 5.56. The van der Waals surface area contributed by atoms with E-state index in [0.717, 1.165) is 26.2 Å². The van der Waals surface area contributed by atoms with Gasteiger partial charge in [0.2, 0.25) is 0 Å². The molecule has 1 aromatic rings. The van der Waals surface area contributed by atoms with Gasteiger partial charge in [0.15, 0.2) is 0 Å². The molecule has 0 amide bonds. The number of nitrogens with one attached hydrogen (secondary N) is 2. The molecule has 2 aliphatic rings. The van der Waals surface area contributed by atoms with Gasteiger partial charge < -0.3 is 10.6 Å². The molecule has 2 atom stereocenters. The van der Waals surface area contributed by atoms with Crippen LogP contribution in [0.15, 0.2) is 24.3 Å². The lowest BCUT2D eigenvalue weighted by molar-refractivity contribution is 0.202. The largest absolute Gasteiger partial charge is 0.316 e. The van der Waals surface area contributed by atoms with Crippen LogP contribution in [0, 0.1) is 0 Å². The molecule has 2 heterocycles. The van der Waals surface area contributed by atoms with E-state index in [1.807, 2.05) is 0 Å². The van der Waals surface area contributed by atoms with Crippen LogP contribution < -0.4 is 10.6 Å². The first kappa shape index (κ1) is 12.2. The molecule has 2 fully saturated rings. The molecule has 0 saturated carbocycles. The van der Waals surface area contributed by atoms with Crippen molar-refractivity contribution in [3.8, 4) is 0 Å². The molecule has 2 saturated heterocycles. The highest BCUT2D eigenvalue weighted by Gasteiger charge is 2.22. The van der Waals surface area contributed by atoms with Crippen molar-refractivity contribution in [3.63, 3.8) is 0 Å². The molecule has 0 bridgehead atoms. The van der Waals surface area contributed by atoms with Gasteiger partial charge in [0.25, 0.3) is 0 Å². The maximum atomic E-state index is 3.50. The Morgan fingerprint density at radius 3 is 2.72 bits per heavy atom. The van der Waals surface area contributed by atoms with E-state index >= 15 is 0 Å². The Hall–Kier alpha value is -0.900. The van der Waals surface area contributed by atoms with Crippen molar-refractivity contribution in [3.05, 3.63) is 35.4 Å². The van der Waals surface area contributed by atoms with Crippen LogP contribution in [0.25, 0.3) is 0 Å². The predicted octanol–water partition coefficient (Wildman–Crippen LogP) is 1.34. The maximum Gasteiger partial charge on any atom is 0.0470 e. The van der Waals surface area contributed by atoms with E-state index in [0.29, 0.717) is 12.0 Å². The fraction of sp³-hybridized carbons (Fsp3) is 0.600. The monoisotopic (exact) mass is 245 g/mol. The van der Waals surface area contributed by atoms with Crippen LogP contribution in [0.4, 0.5) is 0 Å². The molecule has 3 heteroatoms. The Balaban J connectivity index is 1.81. The number of hydrogen-bond donors (Lipinski definition) is 2. The third kappa shape index (κ3) is 2.44. The summed E-state index contributed by atoms with van der Waals surface area (Å²) in [7, 11) is 2.23. The maximum absolute atomic E-state index is 3.50. The third-order valence-electron chi connectivity index (χ3n) is 4.34. The fourth-order valence-corrected chi connectivity index (χ4v) is 3.14. The first-order chi connectivity index (χ1) is 8.84. The summed E-state index contributed by atoms with van der Waals surface area (Å²) in [4.78, 5) is 2.46.